The van der Waals surface area contributed by atoms with Crippen molar-refractivity contribution >= 4 is 23.3 Å². The summed E-state index contributed by atoms with van der Waals surface area (Å²) in [5.74, 6) is 0.142. The van der Waals surface area contributed by atoms with E-state index in [1.807, 2.05) is 10.7 Å². The molecule has 3 aromatic rings. The normalized spacial score (nSPS) is 13.8. The molecule has 1 aromatic carbocycles. The van der Waals surface area contributed by atoms with E-state index in [9.17, 15) is 14.9 Å². The SMILES string of the molecule is CC(=O)Nc1cccc(CC(=O)N(C)c2cc(-c3cnn4c3CC(C)(C)C4)c(C#N)cn2)c1. The fraction of sp³-hybridized carbons (Fsp3) is 0.320. The molecule has 1 N–H and O–H groups in total. The summed E-state index contributed by atoms with van der Waals surface area (Å²) in [5, 5.41) is 16.9. The summed E-state index contributed by atoms with van der Waals surface area (Å²) in [5.41, 5.74) is 4.72. The lowest BCUT2D eigenvalue weighted by Gasteiger charge is -2.18. The number of pyridine rings is 1. The van der Waals surface area contributed by atoms with E-state index in [1.165, 1.54) is 18.0 Å². The number of amides is 2. The van der Waals surface area contributed by atoms with Crippen molar-refractivity contribution < 1.29 is 9.59 Å². The molecule has 0 atom stereocenters. The van der Waals surface area contributed by atoms with Gasteiger partial charge in [-0.1, -0.05) is 26.0 Å². The number of fused-ring (bicyclic) bond motifs is 1. The highest BCUT2D eigenvalue weighted by molar-refractivity contribution is 5.94. The van der Waals surface area contributed by atoms with Crippen LogP contribution in [0.25, 0.3) is 11.1 Å². The third-order valence-corrected chi connectivity index (χ3v) is 5.79. The Kier molecular flexibility index (Phi) is 5.73. The second-order valence-electron chi connectivity index (χ2n) is 9.21. The van der Waals surface area contributed by atoms with Gasteiger partial charge in [-0.15, -0.1) is 0 Å². The van der Waals surface area contributed by atoms with E-state index < -0.39 is 0 Å². The zero-order valence-corrected chi connectivity index (χ0v) is 19.2. The predicted octanol–water partition coefficient (Wildman–Crippen LogP) is 3.56. The quantitative estimate of drug-likeness (QED) is 0.651. The summed E-state index contributed by atoms with van der Waals surface area (Å²) < 4.78 is 1.99. The van der Waals surface area contributed by atoms with Crippen molar-refractivity contribution in [3.63, 3.8) is 0 Å². The maximum atomic E-state index is 13.0. The number of nitrogens with one attached hydrogen (secondary N) is 1. The van der Waals surface area contributed by atoms with Gasteiger partial charge in [0.25, 0.3) is 0 Å². The molecule has 8 heteroatoms. The lowest BCUT2D eigenvalue weighted by atomic mass is 9.89. The monoisotopic (exact) mass is 442 g/mol. The number of benzene rings is 1. The van der Waals surface area contributed by atoms with E-state index in [2.05, 4.69) is 35.3 Å². The molecular formula is C25H26N6O2. The van der Waals surface area contributed by atoms with Crippen LogP contribution in [-0.4, -0.2) is 33.6 Å². The van der Waals surface area contributed by atoms with Crippen molar-refractivity contribution in [2.75, 3.05) is 17.3 Å². The average molecular weight is 443 g/mol. The smallest absolute Gasteiger partial charge is 0.232 e. The van der Waals surface area contributed by atoms with Crippen LogP contribution in [0.3, 0.4) is 0 Å². The van der Waals surface area contributed by atoms with Gasteiger partial charge in [0.1, 0.15) is 11.9 Å². The molecule has 168 valence electrons. The Hall–Kier alpha value is -3.99. The molecule has 0 bridgehead atoms. The molecule has 0 aliphatic carbocycles. The third-order valence-electron chi connectivity index (χ3n) is 5.79. The molecule has 3 heterocycles. The first-order valence-corrected chi connectivity index (χ1v) is 10.7. The number of nitrogens with zero attached hydrogens (tertiary/aromatic N) is 5. The standard InChI is InChI=1S/C25H26N6O2/c1-16(32)29-19-7-5-6-17(8-19)9-24(33)30(4)23-10-20(18(12-26)13-27-23)21-14-28-31-15-25(2,3)11-22(21)31/h5-8,10,13-14H,9,11,15H2,1-4H3,(H,29,32). The molecule has 1 aliphatic rings. The maximum Gasteiger partial charge on any atom is 0.232 e. The van der Waals surface area contributed by atoms with Crippen molar-refractivity contribution in [1.29, 1.82) is 5.26 Å². The Morgan fingerprint density at radius 1 is 1.24 bits per heavy atom. The van der Waals surface area contributed by atoms with Gasteiger partial charge >= 0.3 is 0 Å². The Morgan fingerprint density at radius 2 is 2.03 bits per heavy atom. The Morgan fingerprint density at radius 3 is 2.76 bits per heavy atom. The fourth-order valence-corrected chi connectivity index (χ4v) is 4.20. The van der Waals surface area contributed by atoms with E-state index in [1.54, 1.807) is 37.5 Å². The van der Waals surface area contributed by atoms with Crippen LogP contribution in [-0.2, 0) is 29.0 Å². The lowest BCUT2D eigenvalue weighted by Crippen LogP contribution is -2.28. The molecule has 4 rings (SSSR count). The van der Waals surface area contributed by atoms with Crippen LogP contribution in [0, 0.1) is 16.7 Å². The summed E-state index contributed by atoms with van der Waals surface area (Å²) in [7, 11) is 1.67. The van der Waals surface area contributed by atoms with Crippen molar-refractivity contribution in [2.45, 2.75) is 40.2 Å². The first-order valence-electron chi connectivity index (χ1n) is 10.7. The van der Waals surface area contributed by atoms with Gasteiger partial charge in [0.15, 0.2) is 0 Å². The van der Waals surface area contributed by atoms with Crippen molar-refractivity contribution in [2.24, 2.45) is 5.41 Å². The molecule has 2 aromatic heterocycles. The van der Waals surface area contributed by atoms with Crippen LogP contribution in [0.5, 0.6) is 0 Å². The molecule has 1 aliphatic heterocycles. The number of nitriles is 1. The van der Waals surface area contributed by atoms with Gasteiger partial charge in [0.05, 0.1) is 18.2 Å². The number of aromatic nitrogens is 3. The van der Waals surface area contributed by atoms with Crippen LogP contribution in [0.2, 0.25) is 0 Å². The maximum absolute atomic E-state index is 13.0. The van der Waals surface area contributed by atoms with Gasteiger partial charge in [0.2, 0.25) is 11.8 Å². The second kappa shape index (κ2) is 8.51. The highest BCUT2D eigenvalue weighted by Crippen LogP contribution is 2.38. The highest BCUT2D eigenvalue weighted by atomic mass is 16.2. The molecule has 8 nitrogen and oxygen atoms in total. The summed E-state index contributed by atoms with van der Waals surface area (Å²) in [6, 6.07) is 11.2. The molecule has 0 spiro atoms. The van der Waals surface area contributed by atoms with E-state index >= 15 is 0 Å². The van der Waals surface area contributed by atoms with Gasteiger partial charge in [-0.3, -0.25) is 19.2 Å². The molecule has 33 heavy (non-hydrogen) atoms. The summed E-state index contributed by atoms with van der Waals surface area (Å²) >= 11 is 0. The van der Waals surface area contributed by atoms with E-state index in [4.69, 9.17) is 0 Å². The first-order chi connectivity index (χ1) is 15.7. The largest absolute Gasteiger partial charge is 0.326 e. The first kappa shape index (κ1) is 22.2. The Balaban J connectivity index is 1.60. The predicted molar refractivity (Wildman–Crippen MR) is 126 cm³/mol. The summed E-state index contributed by atoms with van der Waals surface area (Å²) in [4.78, 5) is 30.1. The minimum Gasteiger partial charge on any atom is -0.326 e. The number of hydrogen-bond acceptors (Lipinski definition) is 5. The van der Waals surface area contributed by atoms with E-state index in [-0.39, 0.29) is 23.7 Å². The van der Waals surface area contributed by atoms with Crippen molar-refractivity contribution in [1.82, 2.24) is 14.8 Å². The van der Waals surface area contributed by atoms with E-state index in [0.717, 1.165) is 35.3 Å². The fourth-order valence-electron chi connectivity index (χ4n) is 4.20. The number of anilines is 2. The second-order valence-corrected chi connectivity index (χ2v) is 9.21. The minimum absolute atomic E-state index is 0.111. The number of likely N-dealkylation sites (N-methyl/N-ethyl adjacent to an activating group) is 1. The number of carbonyl (C=O) groups is 2. The molecule has 2 amide bonds. The lowest BCUT2D eigenvalue weighted by molar-refractivity contribution is -0.117. The van der Waals surface area contributed by atoms with Gasteiger partial charge in [-0.25, -0.2) is 4.98 Å². The minimum atomic E-state index is -0.167. The Bertz CT molecular complexity index is 1280. The van der Waals surface area contributed by atoms with Crippen molar-refractivity contribution in [3.05, 3.63) is 59.5 Å². The number of carbonyl (C=O) groups excluding carboxylic acids is 2. The van der Waals surface area contributed by atoms with Crippen LogP contribution in [0.4, 0.5) is 11.5 Å². The highest BCUT2D eigenvalue weighted by Gasteiger charge is 2.32. The average Bonchev–Trinajstić information content (AvgIpc) is 3.27. The topological polar surface area (TPSA) is 104 Å². The van der Waals surface area contributed by atoms with Gasteiger partial charge < -0.3 is 5.32 Å². The molecule has 0 radical (unpaired) electrons. The molecule has 0 saturated heterocycles. The van der Waals surface area contributed by atoms with Crippen LogP contribution < -0.4 is 10.2 Å². The Labute approximate surface area is 192 Å². The van der Waals surface area contributed by atoms with Gasteiger partial charge in [0, 0.05) is 49.2 Å². The zero-order valence-electron chi connectivity index (χ0n) is 19.2. The van der Waals surface area contributed by atoms with Crippen LogP contribution >= 0.6 is 0 Å². The van der Waals surface area contributed by atoms with Crippen molar-refractivity contribution in [3.8, 4) is 17.2 Å². The van der Waals surface area contributed by atoms with Crippen LogP contribution in [0.15, 0.2) is 42.7 Å². The van der Waals surface area contributed by atoms with E-state index in [0.29, 0.717) is 17.1 Å². The van der Waals surface area contributed by atoms with Crippen LogP contribution in [0.1, 0.15) is 37.6 Å². The number of rotatable bonds is 5. The molecule has 0 saturated carbocycles. The molecule has 0 fully saturated rings. The molecular weight excluding hydrogens is 416 g/mol. The van der Waals surface area contributed by atoms with Gasteiger partial charge in [-0.2, -0.15) is 10.4 Å². The third kappa shape index (κ3) is 4.62. The molecule has 0 unspecified atom stereocenters. The summed E-state index contributed by atoms with van der Waals surface area (Å²) in [6.07, 6.45) is 4.32. The summed E-state index contributed by atoms with van der Waals surface area (Å²) in [6.45, 7) is 6.67. The number of hydrogen-bond donors (Lipinski definition) is 1. The zero-order chi connectivity index (χ0) is 23.8. The van der Waals surface area contributed by atoms with Gasteiger partial charge in [-0.05, 0) is 35.6 Å².